The van der Waals surface area contributed by atoms with Gasteiger partial charge in [-0.15, -0.1) is 0 Å². The molecule has 0 aliphatic heterocycles. The maximum atomic E-state index is 6.28. The third-order valence-corrected chi connectivity index (χ3v) is 3.88. The predicted octanol–water partition coefficient (Wildman–Crippen LogP) is 4.03. The first-order chi connectivity index (χ1) is 11.6. The number of hydrogen-bond donors (Lipinski definition) is 1. The average molecular weight is 345 g/mol. The highest BCUT2D eigenvalue weighted by molar-refractivity contribution is 6.33. The quantitative estimate of drug-likeness (QED) is 0.705. The molecule has 0 bridgehead atoms. The second-order valence-corrected chi connectivity index (χ2v) is 5.44. The summed E-state index contributed by atoms with van der Waals surface area (Å²) in [6, 6.07) is 13.0. The molecule has 1 N–H and O–H groups in total. The molecule has 1 aromatic heterocycles. The number of aromatic nitrogens is 2. The third kappa shape index (κ3) is 3.20. The van der Waals surface area contributed by atoms with Crippen LogP contribution < -0.4 is 15.1 Å². The minimum Gasteiger partial charge on any atom is -0.497 e. The predicted molar refractivity (Wildman–Crippen MR) is 96.2 cm³/mol. The number of halogens is 1. The van der Waals surface area contributed by atoms with Crippen LogP contribution in [0.25, 0.3) is 11.0 Å². The average Bonchev–Trinajstić information content (AvgIpc) is 2.62. The molecule has 0 atom stereocenters. The normalized spacial score (nSPS) is 10.7. The lowest BCUT2D eigenvalue weighted by Gasteiger charge is -2.19. The summed E-state index contributed by atoms with van der Waals surface area (Å²) in [5.74, 6) is 1.78. The van der Waals surface area contributed by atoms with Gasteiger partial charge in [0.15, 0.2) is 11.6 Å². The van der Waals surface area contributed by atoms with Crippen molar-refractivity contribution >= 4 is 40.0 Å². The summed E-state index contributed by atoms with van der Waals surface area (Å²) in [7, 11) is 4.93. The molecule has 1 heterocycles. The van der Waals surface area contributed by atoms with Gasteiger partial charge in [0.25, 0.3) is 0 Å². The summed E-state index contributed by atoms with van der Waals surface area (Å²) in [5, 5.41) is 5.31. The van der Waals surface area contributed by atoms with Crippen LogP contribution in [0.3, 0.4) is 0 Å². The van der Waals surface area contributed by atoms with E-state index in [1.54, 1.807) is 39.5 Å². The summed E-state index contributed by atoms with van der Waals surface area (Å²) < 4.78 is 5.25. The fraction of sp³-hybridized carbons (Fsp3) is 0.176. The zero-order chi connectivity index (χ0) is 17.1. The van der Waals surface area contributed by atoms with Gasteiger partial charge < -0.3 is 10.1 Å². The number of para-hydroxylation sites is 2. The minimum atomic E-state index is 0.535. The fourth-order valence-corrected chi connectivity index (χ4v) is 2.40. The number of ether oxygens (including phenoxy) is 1. The molecule has 0 aliphatic carbocycles. The SMILES string of the molecule is COc1ccc(Cl)c(Nc2nc3ccccc3nc2N(C)OC)c1. The highest BCUT2D eigenvalue weighted by Gasteiger charge is 2.15. The lowest BCUT2D eigenvalue weighted by Crippen LogP contribution is -2.18. The highest BCUT2D eigenvalue weighted by atomic mass is 35.5. The zero-order valence-corrected chi connectivity index (χ0v) is 14.3. The van der Waals surface area contributed by atoms with E-state index in [9.17, 15) is 0 Å². The maximum Gasteiger partial charge on any atom is 0.196 e. The monoisotopic (exact) mass is 344 g/mol. The standard InChI is InChI=1S/C17H17ClN4O2/c1-22(24-3)17-16(19-13-6-4-5-7-14(13)21-17)20-15-10-11(23-2)8-9-12(15)18/h4-10H,1-3H3,(H,19,20). The number of hydrogen-bond acceptors (Lipinski definition) is 6. The molecule has 124 valence electrons. The van der Waals surface area contributed by atoms with E-state index in [1.807, 2.05) is 24.3 Å². The molecule has 6 nitrogen and oxygen atoms in total. The molecule has 2 aromatic carbocycles. The van der Waals surface area contributed by atoms with Gasteiger partial charge in [0.1, 0.15) is 5.75 Å². The molecule has 0 fully saturated rings. The molecule has 0 saturated carbocycles. The summed E-state index contributed by atoms with van der Waals surface area (Å²) in [6.07, 6.45) is 0. The van der Waals surface area contributed by atoms with Crippen LogP contribution in [0.4, 0.5) is 17.3 Å². The Balaban J connectivity index is 2.10. The first-order valence-electron chi connectivity index (χ1n) is 7.27. The van der Waals surface area contributed by atoms with E-state index in [0.717, 1.165) is 11.0 Å². The van der Waals surface area contributed by atoms with Crippen molar-refractivity contribution in [3.63, 3.8) is 0 Å². The summed E-state index contributed by atoms with van der Waals surface area (Å²) in [5.41, 5.74) is 2.22. The molecule has 0 saturated heterocycles. The zero-order valence-electron chi connectivity index (χ0n) is 13.6. The Kier molecular flexibility index (Phi) is 4.69. The van der Waals surface area contributed by atoms with Gasteiger partial charge in [-0.2, -0.15) is 0 Å². The Morgan fingerprint density at radius 2 is 1.75 bits per heavy atom. The number of nitrogens with zero attached hydrogens (tertiary/aromatic N) is 3. The van der Waals surface area contributed by atoms with Crippen molar-refractivity contribution in [1.29, 1.82) is 0 Å². The van der Waals surface area contributed by atoms with Crippen LogP contribution in [0.2, 0.25) is 5.02 Å². The van der Waals surface area contributed by atoms with Crippen molar-refractivity contribution < 1.29 is 9.57 Å². The van der Waals surface area contributed by atoms with E-state index in [1.165, 1.54) is 5.06 Å². The van der Waals surface area contributed by atoms with Crippen molar-refractivity contribution in [2.24, 2.45) is 0 Å². The van der Waals surface area contributed by atoms with E-state index < -0.39 is 0 Å². The summed E-state index contributed by atoms with van der Waals surface area (Å²) >= 11 is 6.28. The lowest BCUT2D eigenvalue weighted by molar-refractivity contribution is 0.183. The van der Waals surface area contributed by atoms with Crippen molar-refractivity contribution in [2.45, 2.75) is 0 Å². The molecule has 0 radical (unpaired) electrons. The molecule has 3 aromatic rings. The number of methoxy groups -OCH3 is 1. The number of anilines is 3. The van der Waals surface area contributed by atoms with E-state index in [0.29, 0.717) is 28.1 Å². The largest absolute Gasteiger partial charge is 0.497 e. The van der Waals surface area contributed by atoms with Crippen LogP contribution in [0.5, 0.6) is 5.75 Å². The lowest BCUT2D eigenvalue weighted by atomic mass is 10.3. The third-order valence-electron chi connectivity index (χ3n) is 3.55. The Hall–Kier alpha value is -2.57. The van der Waals surface area contributed by atoms with Gasteiger partial charge in [0, 0.05) is 13.1 Å². The Bertz CT molecular complexity index is 872. The van der Waals surface area contributed by atoms with Gasteiger partial charge in [-0.3, -0.25) is 4.84 Å². The van der Waals surface area contributed by atoms with Crippen LogP contribution in [0.15, 0.2) is 42.5 Å². The number of nitrogens with one attached hydrogen (secondary N) is 1. The molecular formula is C17H17ClN4O2. The molecule has 0 amide bonds. The number of fused-ring (bicyclic) bond motifs is 1. The molecule has 3 rings (SSSR count). The first kappa shape index (κ1) is 16.3. The van der Waals surface area contributed by atoms with Crippen molar-refractivity contribution in [1.82, 2.24) is 9.97 Å². The second-order valence-electron chi connectivity index (χ2n) is 5.04. The van der Waals surface area contributed by atoms with E-state index in [2.05, 4.69) is 15.3 Å². The molecule has 0 aliphatic rings. The van der Waals surface area contributed by atoms with Gasteiger partial charge in [-0.05, 0) is 24.3 Å². The van der Waals surface area contributed by atoms with Crippen LogP contribution in [0.1, 0.15) is 0 Å². The first-order valence-corrected chi connectivity index (χ1v) is 7.65. The number of hydroxylamine groups is 1. The molecule has 24 heavy (non-hydrogen) atoms. The summed E-state index contributed by atoms with van der Waals surface area (Å²) in [4.78, 5) is 14.5. The summed E-state index contributed by atoms with van der Waals surface area (Å²) in [6.45, 7) is 0. The topological polar surface area (TPSA) is 59.5 Å². The maximum absolute atomic E-state index is 6.28. The van der Waals surface area contributed by atoms with Gasteiger partial charge in [0.05, 0.1) is 36.0 Å². The second kappa shape index (κ2) is 6.90. The number of rotatable bonds is 5. The highest BCUT2D eigenvalue weighted by Crippen LogP contribution is 2.32. The van der Waals surface area contributed by atoms with Crippen LogP contribution in [-0.2, 0) is 4.84 Å². The molecule has 0 spiro atoms. The van der Waals surface area contributed by atoms with E-state index in [4.69, 9.17) is 21.2 Å². The van der Waals surface area contributed by atoms with E-state index in [-0.39, 0.29) is 0 Å². The number of benzene rings is 2. The van der Waals surface area contributed by atoms with Crippen LogP contribution in [-0.4, -0.2) is 31.2 Å². The minimum absolute atomic E-state index is 0.535. The molecule has 0 unspecified atom stereocenters. The van der Waals surface area contributed by atoms with Gasteiger partial charge in [-0.25, -0.2) is 15.0 Å². The van der Waals surface area contributed by atoms with Crippen LogP contribution in [0, 0.1) is 0 Å². The molecule has 7 heteroatoms. The van der Waals surface area contributed by atoms with Crippen molar-refractivity contribution in [3.8, 4) is 5.75 Å². The fourth-order valence-electron chi connectivity index (χ4n) is 2.24. The van der Waals surface area contributed by atoms with Crippen LogP contribution >= 0.6 is 11.6 Å². The smallest absolute Gasteiger partial charge is 0.196 e. The van der Waals surface area contributed by atoms with E-state index >= 15 is 0 Å². The van der Waals surface area contributed by atoms with Gasteiger partial charge in [0.2, 0.25) is 0 Å². The Morgan fingerprint density at radius 3 is 2.42 bits per heavy atom. The van der Waals surface area contributed by atoms with Gasteiger partial charge in [-0.1, -0.05) is 23.7 Å². The van der Waals surface area contributed by atoms with Crippen molar-refractivity contribution in [2.75, 3.05) is 31.6 Å². The Labute approximate surface area is 144 Å². The Morgan fingerprint density at radius 1 is 1.04 bits per heavy atom. The molecular weight excluding hydrogens is 328 g/mol. The van der Waals surface area contributed by atoms with Gasteiger partial charge >= 0.3 is 0 Å². The van der Waals surface area contributed by atoms with Crippen molar-refractivity contribution in [3.05, 3.63) is 47.5 Å².